The third-order valence-electron chi connectivity index (χ3n) is 4.33. The van der Waals surface area contributed by atoms with E-state index in [0.29, 0.717) is 24.6 Å². The van der Waals surface area contributed by atoms with E-state index in [9.17, 15) is 9.59 Å². The molecule has 0 aliphatic carbocycles. The zero-order chi connectivity index (χ0) is 20.5. The van der Waals surface area contributed by atoms with Crippen molar-refractivity contribution in [2.75, 3.05) is 16.8 Å². The van der Waals surface area contributed by atoms with Gasteiger partial charge in [-0.25, -0.2) is 0 Å². The molecule has 0 radical (unpaired) electrons. The number of hydrogen-bond donors (Lipinski definition) is 1. The molecule has 5 nitrogen and oxygen atoms in total. The SMILES string of the molecule is CCOc1ccccc1NC(=O)CC(=O)N(Cc1ccccc1)c1ccccc1. The maximum Gasteiger partial charge on any atom is 0.236 e. The average molecular weight is 388 g/mol. The number of nitrogens with one attached hydrogen (secondary N) is 1. The van der Waals surface area contributed by atoms with Crippen molar-refractivity contribution in [2.24, 2.45) is 0 Å². The molecule has 0 fully saturated rings. The zero-order valence-corrected chi connectivity index (χ0v) is 16.4. The topological polar surface area (TPSA) is 58.6 Å². The quantitative estimate of drug-likeness (QED) is 0.572. The molecule has 1 N–H and O–H groups in total. The Morgan fingerprint density at radius 1 is 0.862 bits per heavy atom. The summed E-state index contributed by atoms with van der Waals surface area (Å²) in [5.74, 6) is -0.0670. The molecule has 0 heterocycles. The van der Waals surface area contributed by atoms with Crippen LogP contribution in [0.2, 0.25) is 0 Å². The van der Waals surface area contributed by atoms with Crippen LogP contribution in [0.15, 0.2) is 84.9 Å². The van der Waals surface area contributed by atoms with Crippen LogP contribution in [0.25, 0.3) is 0 Å². The van der Waals surface area contributed by atoms with Crippen LogP contribution in [0, 0.1) is 0 Å². The van der Waals surface area contributed by atoms with Crippen LogP contribution in [0.3, 0.4) is 0 Å². The molecule has 0 saturated heterocycles. The standard InChI is InChI=1S/C24H24N2O3/c1-2-29-22-16-10-9-15-21(22)25-23(27)17-24(28)26(20-13-7-4-8-14-20)18-19-11-5-3-6-12-19/h3-16H,2,17-18H2,1H3,(H,25,27). The highest BCUT2D eigenvalue weighted by atomic mass is 16.5. The van der Waals surface area contributed by atoms with Gasteiger partial charge < -0.3 is 15.0 Å². The molecular formula is C24H24N2O3. The molecule has 0 aliphatic heterocycles. The number of benzene rings is 3. The molecule has 0 saturated carbocycles. The molecule has 148 valence electrons. The van der Waals surface area contributed by atoms with Crippen LogP contribution < -0.4 is 15.0 Å². The highest BCUT2D eigenvalue weighted by molar-refractivity contribution is 6.09. The lowest BCUT2D eigenvalue weighted by molar-refractivity contribution is -0.125. The van der Waals surface area contributed by atoms with Gasteiger partial charge in [-0.3, -0.25) is 9.59 Å². The van der Waals surface area contributed by atoms with E-state index in [-0.39, 0.29) is 18.2 Å². The highest BCUT2D eigenvalue weighted by Crippen LogP contribution is 2.24. The van der Waals surface area contributed by atoms with Crippen LogP contribution in [0.5, 0.6) is 5.75 Å². The Morgan fingerprint density at radius 3 is 2.17 bits per heavy atom. The Hall–Kier alpha value is -3.60. The summed E-state index contributed by atoms with van der Waals surface area (Å²) in [6.07, 6.45) is -0.262. The molecule has 0 atom stereocenters. The molecule has 0 spiro atoms. The summed E-state index contributed by atoms with van der Waals surface area (Å²) in [5.41, 5.74) is 2.30. The molecule has 0 bridgehead atoms. The van der Waals surface area contributed by atoms with E-state index in [1.54, 1.807) is 17.0 Å². The lowest BCUT2D eigenvalue weighted by Gasteiger charge is -2.23. The minimum absolute atomic E-state index is 0.262. The first-order valence-electron chi connectivity index (χ1n) is 9.58. The fourth-order valence-electron chi connectivity index (χ4n) is 2.98. The maximum absolute atomic E-state index is 13.0. The van der Waals surface area contributed by atoms with E-state index in [2.05, 4.69) is 5.32 Å². The van der Waals surface area contributed by atoms with E-state index in [1.165, 1.54) is 0 Å². The normalized spacial score (nSPS) is 10.2. The largest absolute Gasteiger partial charge is 0.492 e. The van der Waals surface area contributed by atoms with Gasteiger partial charge in [0.2, 0.25) is 11.8 Å². The van der Waals surface area contributed by atoms with E-state index in [0.717, 1.165) is 11.3 Å². The van der Waals surface area contributed by atoms with Crippen LogP contribution >= 0.6 is 0 Å². The van der Waals surface area contributed by atoms with Crippen molar-refractivity contribution < 1.29 is 14.3 Å². The second kappa shape index (κ2) is 10.1. The fourth-order valence-corrected chi connectivity index (χ4v) is 2.98. The maximum atomic E-state index is 13.0. The van der Waals surface area contributed by atoms with Crippen molar-refractivity contribution in [1.82, 2.24) is 0 Å². The molecule has 29 heavy (non-hydrogen) atoms. The lowest BCUT2D eigenvalue weighted by Crippen LogP contribution is -2.33. The van der Waals surface area contributed by atoms with Gasteiger partial charge in [0.05, 0.1) is 18.8 Å². The molecule has 5 heteroatoms. The Morgan fingerprint density at radius 2 is 1.48 bits per heavy atom. The number of nitrogens with zero attached hydrogens (tertiary/aromatic N) is 1. The first-order valence-corrected chi connectivity index (χ1v) is 9.58. The van der Waals surface area contributed by atoms with Gasteiger partial charge in [-0.15, -0.1) is 0 Å². The Bertz CT molecular complexity index is 943. The van der Waals surface area contributed by atoms with Gasteiger partial charge >= 0.3 is 0 Å². The second-order valence-corrected chi connectivity index (χ2v) is 6.46. The summed E-state index contributed by atoms with van der Waals surface area (Å²) in [6.45, 7) is 2.76. The number of carbonyl (C=O) groups excluding carboxylic acids is 2. The lowest BCUT2D eigenvalue weighted by atomic mass is 10.1. The Balaban J connectivity index is 1.73. The summed E-state index contributed by atoms with van der Waals surface area (Å²) in [7, 11) is 0. The van der Waals surface area contributed by atoms with Crippen LogP contribution in [-0.2, 0) is 16.1 Å². The van der Waals surface area contributed by atoms with Crippen molar-refractivity contribution in [3.63, 3.8) is 0 Å². The third kappa shape index (κ3) is 5.69. The van der Waals surface area contributed by atoms with E-state index in [1.807, 2.05) is 79.7 Å². The molecule has 0 unspecified atom stereocenters. The van der Waals surface area contributed by atoms with Gasteiger partial charge in [0.1, 0.15) is 12.2 Å². The molecule has 2 amide bonds. The summed E-state index contributed by atoms with van der Waals surface area (Å²) in [5, 5.41) is 2.79. The van der Waals surface area contributed by atoms with Crippen molar-refractivity contribution in [3.05, 3.63) is 90.5 Å². The molecule has 0 aliphatic rings. The number of rotatable bonds is 8. The first kappa shape index (κ1) is 20.1. The predicted octanol–water partition coefficient (Wildman–Crippen LogP) is 4.65. The number of para-hydroxylation sites is 3. The van der Waals surface area contributed by atoms with Crippen molar-refractivity contribution >= 4 is 23.2 Å². The summed E-state index contributed by atoms with van der Waals surface area (Å²) < 4.78 is 5.53. The number of amides is 2. The third-order valence-corrected chi connectivity index (χ3v) is 4.33. The highest BCUT2D eigenvalue weighted by Gasteiger charge is 2.20. The van der Waals surface area contributed by atoms with Gasteiger partial charge in [-0.1, -0.05) is 60.7 Å². The summed E-state index contributed by atoms with van der Waals surface area (Å²) >= 11 is 0. The van der Waals surface area contributed by atoms with Crippen LogP contribution in [0.1, 0.15) is 18.9 Å². The van der Waals surface area contributed by atoms with Crippen molar-refractivity contribution in [3.8, 4) is 5.75 Å². The average Bonchev–Trinajstić information content (AvgIpc) is 2.75. The monoisotopic (exact) mass is 388 g/mol. The number of anilines is 2. The first-order chi connectivity index (χ1) is 14.2. The van der Waals surface area contributed by atoms with Gasteiger partial charge in [-0.05, 0) is 36.8 Å². The minimum Gasteiger partial charge on any atom is -0.492 e. The number of ether oxygens (including phenoxy) is 1. The van der Waals surface area contributed by atoms with E-state index < -0.39 is 0 Å². The molecule has 3 rings (SSSR count). The van der Waals surface area contributed by atoms with Crippen molar-refractivity contribution in [2.45, 2.75) is 19.9 Å². The van der Waals surface area contributed by atoms with Gasteiger partial charge in [-0.2, -0.15) is 0 Å². The fraction of sp³-hybridized carbons (Fsp3) is 0.167. The van der Waals surface area contributed by atoms with Gasteiger partial charge in [0, 0.05) is 5.69 Å². The van der Waals surface area contributed by atoms with E-state index >= 15 is 0 Å². The van der Waals surface area contributed by atoms with E-state index in [4.69, 9.17) is 4.74 Å². The Labute approximate surface area is 170 Å². The summed E-state index contributed by atoms with van der Waals surface area (Å²) in [6, 6.07) is 26.3. The Kier molecular flexibility index (Phi) is 7.00. The second-order valence-electron chi connectivity index (χ2n) is 6.46. The number of hydrogen-bond acceptors (Lipinski definition) is 3. The minimum atomic E-state index is -0.379. The molecule has 0 aromatic heterocycles. The van der Waals surface area contributed by atoms with Gasteiger partial charge in [0.25, 0.3) is 0 Å². The number of carbonyl (C=O) groups is 2. The predicted molar refractivity (Wildman–Crippen MR) is 115 cm³/mol. The molecule has 3 aromatic rings. The van der Waals surface area contributed by atoms with Crippen molar-refractivity contribution in [1.29, 1.82) is 0 Å². The smallest absolute Gasteiger partial charge is 0.236 e. The molecule has 3 aromatic carbocycles. The van der Waals surface area contributed by atoms with Crippen LogP contribution in [-0.4, -0.2) is 18.4 Å². The van der Waals surface area contributed by atoms with Gasteiger partial charge in [0.15, 0.2) is 0 Å². The van der Waals surface area contributed by atoms with Crippen LogP contribution in [0.4, 0.5) is 11.4 Å². The summed E-state index contributed by atoms with van der Waals surface area (Å²) in [4.78, 5) is 27.2. The molecular weight excluding hydrogens is 364 g/mol. The zero-order valence-electron chi connectivity index (χ0n) is 16.4.